The summed E-state index contributed by atoms with van der Waals surface area (Å²) in [6.45, 7) is 0.441. The zero-order chi connectivity index (χ0) is 21.0. The Balaban J connectivity index is 1.46. The van der Waals surface area contributed by atoms with Crippen molar-refractivity contribution in [1.29, 1.82) is 0 Å². The average Bonchev–Trinajstić information content (AvgIpc) is 3.59. The molecule has 0 saturated heterocycles. The molecule has 30 heavy (non-hydrogen) atoms. The fraction of sp³-hybridized carbons (Fsp3) is 0.208. The van der Waals surface area contributed by atoms with E-state index < -0.39 is 10.0 Å². The van der Waals surface area contributed by atoms with Gasteiger partial charge in [-0.1, -0.05) is 60.7 Å². The maximum absolute atomic E-state index is 12.7. The molecule has 5 nitrogen and oxygen atoms in total. The Bertz CT molecular complexity index is 1050. The summed E-state index contributed by atoms with van der Waals surface area (Å²) in [5, 5.41) is 2.99. The van der Waals surface area contributed by atoms with Crippen LogP contribution in [0.5, 0.6) is 0 Å². The Morgan fingerprint density at radius 3 is 1.87 bits per heavy atom. The van der Waals surface area contributed by atoms with Crippen molar-refractivity contribution < 1.29 is 13.2 Å². The second-order valence-electron chi connectivity index (χ2n) is 7.50. The fourth-order valence-electron chi connectivity index (χ4n) is 3.37. The van der Waals surface area contributed by atoms with Gasteiger partial charge in [-0.2, -0.15) is 0 Å². The van der Waals surface area contributed by atoms with Gasteiger partial charge in [-0.25, -0.2) is 13.1 Å². The Hall–Kier alpha value is -2.96. The van der Waals surface area contributed by atoms with Crippen LogP contribution in [0.15, 0.2) is 89.8 Å². The highest BCUT2D eigenvalue weighted by molar-refractivity contribution is 7.89. The number of hydrogen-bond donors (Lipinski definition) is 2. The molecule has 0 radical (unpaired) electrons. The molecule has 1 aliphatic carbocycles. The number of amides is 1. The standard InChI is InChI=1S/C24H24N2O3S/c27-24(20-11-15-22(16-12-20)30(28,29)26-21-13-14-21)25-17-23(18-7-3-1-4-8-18)19-9-5-2-6-10-19/h1-12,15-16,21,23,26H,13-14,17H2,(H,25,27). The lowest BCUT2D eigenvalue weighted by atomic mass is 9.91. The van der Waals surface area contributed by atoms with Crippen LogP contribution in [-0.2, 0) is 10.0 Å². The molecule has 1 fully saturated rings. The van der Waals surface area contributed by atoms with Gasteiger partial charge in [-0.15, -0.1) is 0 Å². The first-order valence-electron chi connectivity index (χ1n) is 10.0. The second-order valence-corrected chi connectivity index (χ2v) is 9.22. The molecule has 0 heterocycles. The summed E-state index contributed by atoms with van der Waals surface area (Å²) in [5.74, 6) is -0.204. The molecule has 154 valence electrons. The third-order valence-electron chi connectivity index (χ3n) is 5.20. The molecule has 1 saturated carbocycles. The lowest BCUT2D eigenvalue weighted by Gasteiger charge is -2.19. The van der Waals surface area contributed by atoms with Crippen LogP contribution in [0, 0.1) is 0 Å². The van der Waals surface area contributed by atoms with E-state index in [1.54, 1.807) is 12.1 Å². The molecule has 1 aliphatic rings. The summed E-state index contributed by atoms with van der Waals surface area (Å²) in [6.07, 6.45) is 1.76. The van der Waals surface area contributed by atoms with Gasteiger partial charge in [0.2, 0.25) is 10.0 Å². The van der Waals surface area contributed by atoms with Gasteiger partial charge in [-0.3, -0.25) is 4.79 Å². The monoisotopic (exact) mass is 420 g/mol. The second kappa shape index (κ2) is 8.81. The summed E-state index contributed by atoms with van der Waals surface area (Å²) in [7, 11) is -3.52. The van der Waals surface area contributed by atoms with E-state index in [0.29, 0.717) is 12.1 Å². The molecule has 0 unspecified atom stereocenters. The van der Waals surface area contributed by atoms with Crippen molar-refractivity contribution in [3.05, 3.63) is 102 Å². The molecule has 0 bridgehead atoms. The molecule has 0 aromatic heterocycles. The molecule has 0 spiro atoms. The first-order chi connectivity index (χ1) is 14.5. The minimum atomic E-state index is -3.52. The van der Waals surface area contributed by atoms with Gasteiger partial charge in [0.05, 0.1) is 4.90 Å². The normalized spacial score (nSPS) is 13.9. The third kappa shape index (κ3) is 4.96. The minimum Gasteiger partial charge on any atom is -0.351 e. The highest BCUT2D eigenvalue weighted by atomic mass is 32.2. The van der Waals surface area contributed by atoms with E-state index in [9.17, 15) is 13.2 Å². The SMILES string of the molecule is O=C(NCC(c1ccccc1)c1ccccc1)c1ccc(S(=O)(=O)NC2CC2)cc1. The first kappa shape index (κ1) is 20.3. The van der Waals surface area contributed by atoms with Crippen molar-refractivity contribution >= 4 is 15.9 Å². The zero-order valence-electron chi connectivity index (χ0n) is 16.5. The van der Waals surface area contributed by atoms with Crippen LogP contribution in [0.2, 0.25) is 0 Å². The first-order valence-corrected chi connectivity index (χ1v) is 11.5. The highest BCUT2D eigenvalue weighted by Gasteiger charge is 2.28. The summed E-state index contributed by atoms with van der Waals surface area (Å²) in [5.41, 5.74) is 2.67. The van der Waals surface area contributed by atoms with Gasteiger partial charge < -0.3 is 5.32 Å². The smallest absolute Gasteiger partial charge is 0.251 e. The fourth-order valence-corrected chi connectivity index (χ4v) is 4.67. The number of benzene rings is 3. The predicted molar refractivity (Wildman–Crippen MR) is 117 cm³/mol. The third-order valence-corrected chi connectivity index (χ3v) is 6.73. The zero-order valence-corrected chi connectivity index (χ0v) is 17.3. The van der Waals surface area contributed by atoms with E-state index in [2.05, 4.69) is 34.3 Å². The van der Waals surface area contributed by atoms with Crippen molar-refractivity contribution in [1.82, 2.24) is 10.0 Å². The Kier molecular flexibility index (Phi) is 5.97. The van der Waals surface area contributed by atoms with E-state index in [4.69, 9.17) is 0 Å². The molecular weight excluding hydrogens is 396 g/mol. The minimum absolute atomic E-state index is 0.0266. The quantitative estimate of drug-likeness (QED) is 0.584. The van der Waals surface area contributed by atoms with Crippen molar-refractivity contribution in [2.45, 2.75) is 29.7 Å². The van der Waals surface area contributed by atoms with Crippen LogP contribution in [0.4, 0.5) is 0 Å². The van der Waals surface area contributed by atoms with Crippen molar-refractivity contribution in [2.75, 3.05) is 6.54 Å². The van der Waals surface area contributed by atoms with Gasteiger partial charge in [0.25, 0.3) is 5.91 Å². The largest absolute Gasteiger partial charge is 0.351 e. The van der Waals surface area contributed by atoms with Gasteiger partial charge in [0.15, 0.2) is 0 Å². The van der Waals surface area contributed by atoms with Crippen LogP contribution in [0.1, 0.15) is 40.2 Å². The number of rotatable bonds is 8. The molecule has 3 aromatic carbocycles. The van der Waals surface area contributed by atoms with Crippen LogP contribution in [0.25, 0.3) is 0 Å². The molecule has 0 atom stereocenters. The van der Waals surface area contributed by atoms with Crippen LogP contribution >= 0.6 is 0 Å². The van der Waals surface area contributed by atoms with Gasteiger partial charge >= 0.3 is 0 Å². The van der Waals surface area contributed by atoms with Gasteiger partial charge in [0, 0.05) is 24.1 Å². The Labute approximate surface area is 177 Å². The number of sulfonamides is 1. The molecule has 2 N–H and O–H groups in total. The maximum atomic E-state index is 12.7. The van der Waals surface area contributed by atoms with Crippen LogP contribution < -0.4 is 10.0 Å². The summed E-state index contributed by atoms with van der Waals surface area (Å²) in [4.78, 5) is 12.9. The average molecular weight is 421 g/mol. The van der Waals surface area contributed by atoms with Gasteiger partial charge in [-0.05, 0) is 48.2 Å². The molecular formula is C24H24N2O3S. The predicted octanol–water partition coefficient (Wildman–Crippen LogP) is 3.69. The molecule has 4 rings (SSSR count). The van der Waals surface area contributed by atoms with Crippen LogP contribution in [-0.4, -0.2) is 26.9 Å². The van der Waals surface area contributed by atoms with Gasteiger partial charge in [0.1, 0.15) is 0 Å². The summed E-state index contributed by atoms with van der Waals surface area (Å²) >= 11 is 0. The number of carbonyl (C=O) groups is 1. The molecule has 6 heteroatoms. The molecule has 3 aromatic rings. The number of nitrogens with one attached hydrogen (secondary N) is 2. The Morgan fingerprint density at radius 2 is 1.37 bits per heavy atom. The Morgan fingerprint density at radius 1 is 0.833 bits per heavy atom. The van der Waals surface area contributed by atoms with Crippen molar-refractivity contribution in [3.8, 4) is 0 Å². The van der Waals surface area contributed by atoms with E-state index in [-0.39, 0.29) is 22.8 Å². The molecule has 0 aliphatic heterocycles. The maximum Gasteiger partial charge on any atom is 0.251 e. The number of hydrogen-bond acceptors (Lipinski definition) is 3. The van der Waals surface area contributed by atoms with Crippen molar-refractivity contribution in [3.63, 3.8) is 0 Å². The van der Waals surface area contributed by atoms with E-state index in [1.165, 1.54) is 12.1 Å². The van der Waals surface area contributed by atoms with E-state index in [1.807, 2.05) is 36.4 Å². The van der Waals surface area contributed by atoms with E-state index >= 15 is 0 Å². The lowest BCUT2D eigenvalue weighted by molar-refractivity contribution is 0.0952. The summed E-state index contributed by atoms with van der Waals surface area (Å²) < 4.78 is 27.2. The van der Waals surface area contributed by atoms with Crippen molar-refractivity contribution in [2.24, 2.45) is 0 Å². The topological polar surface area (TPSA) is 75.3 Å². The van der Waals surface area contributed by atoms with E-state index in [0.717, 1.165) is 24.0 Å². The summed E-state index contributed by atoms with van der Waals surface area (Å²) in [6, 6.07) is 26.2. The van der Waals surface area contributed by atoms with Crippen LogP contribution in [0.3, 0.4) is 0 Å². The number of carbonyl (C=O) groups excluding carboxylic acids is 1. The highest BCUT2D eigenvalue weighted by Crippen LogP contribution is 2.24. The lowest BCUT2D eigenvalue weighted by Crippen LogP contribution is -2.29. The molecule has 1 amide bonds.